The van der Waals surface area contributed by atoms with Gasteiger partial charge in [-0.15, -0.1) is 0 Å². The van der Waals surface area contributed by atoms with Gasteiger partial charge in [0, 0.05) is 17.6 Å². The van der Waals surface area contributed by atoms with Crippen LogP contribution in [0.3, 0.4) is 0 Å². The summed E-state index contributed by atoms with van der Waals surface area (Å²) in [6, 6.07) is 17.5. The molecule has 0 amide bonds. The van der Waals surface area contributed by atoms with E-state index in [1.165, 1.54) is 29.5 Å². The first-order chi connectivity index (χ1) is 9.72. The number of halogens is 1. The second kappa shape index (κ2) is 5.99. The standard InChI is InChI=1S/C18H20ClN/c1-13-5-4-6-14(9-13)12-20-16-10-15(11-16)17-7-2-3-8-18(17)19/h2-9,15-16,20H,10-12H2,1H3. The monoisotopic (exact) mass is 285 g/mol. The van der Waals surface area contributed by atoms with Gasteiger partial charge >= 0.3 is 0 Å². The van der Waals surface area contributed by atoms with Crippen molar-refractivity contribution in [2.24, 2.45) is 0 Å². The number of benzene rings is 2. The molecule has 1 fully saturated rings. The Labute approximate surface area is 126 Å². The summed E-state index contributed by atoms with van der Waals surface area (Å²) in [5, 5.41) is 4.55. The van der Waals surface area contributed by atoms with Crippen LogP contribution >= 0.6 is 11.6 Å². The molecule has 104 valence electrons. The van der Waals surface area contributed by atoms with Crippen LogP contribution in [0.5, 0.6) is 0 Å². The highest BCUT2D eigenvalue weighted by molar-refractivity contribution is 6.31. The highest BCUT2D eigenvalue weighted by atomic mass is 35.5. The third-order valence-corrected chi connectivity index (χ3v) is 4.50. The number of hydrogen-bond acceptors (Lipinski definition) is 1. The topological polar surface area (TPSA) is 12.0 Å². The van der Waals surface area contributed by atoms with Crippen LogP contribution < -0.4 is 5.32 Å². The SMILES string of the molecule is Cc1cccc(CNC2CC(c3ccccc3Cl)C2)c1. The molecule has 1 aliphatic rings. The smallest absolute Gasteiger partial charge is 0.0440 e. The highest BCUT2D eigenvalue weighted by Gasteiger charge is 2.30. The zero-order chi connectivity index (χ0) is 13.9. The van der Waals surface area contributed by atoms with Gasteiger partial charge in [-0.05, 0) is 42.9 Å². The highest BCUT2D eigenvalue weighted by Crippen LogP contribution is 2.39. The van der Waals surface area contributed by atoms with Crippen LogP contribution in [0.25, 0.3) is 0 Å². The Kier molecular flexibility index (Phi) is 4.09. The van der Waals surface area contributed by atoms with Crippen LogP contribution in [0, 0.1) is 6.92 Å². The molecule has 1 nitrogen and oxygen atoms in total. The molecule has 0 aliphatic heterocycles. The van der Waals surface area contributed by atoms with Crippen molar-refractivity contribution in [3.05, 3.63) is 70.2 Å². The quantitative estimate of drug-likeness (QED) is 0.860. The van der Waals surface area contributed by atoms with E-state index < -0.39 is 0 Å². The molecule has 0 atom stereocenters. The van der Waals surface area contributed by atoms with Crippen molar-refractivity contribution in [3.63, 3.8) is 0 Å². The minimum Gasteiger partial charge on any atom is -0.310 e. The van der Waals surface area contributed by atoms with Crippen LogP contribution in [0.2, 0.25) is 5.02 Å². The van der Waals surface area contributed by atoms with Gasteiger partial charge in [0.2, 0.25) is 0 Å². The van der Waals surface area contributed by atoms with Gasteiger partial charge in [-0.1, -0.05) is 59.6 Å². The van der Waals surface area contributed by atoms with Gasteiger partial charge < -0.3 is 5.32 Å². The van der Waals surface area contributed by atoms with Gasteiger partial charge in [-0.2, -0.15) is 0 Å². The summed E-state index contributed by atoms with van der Waals surface area (Å²) in [7, 11) is 0. The fourth-order valence-corrected chi connectivity index (χ4v) is 3.22. The molecule has 1 aliphatic carbocycles. The van der Waals surface area contributed by atoms with Crippen molar-refractivity contribution in [1.29, 1.82) is 0 Å². The van der Waals surface area contributed by atoms with Gasteiger partial charge in [0.05, 0.1) is 0 Å². The molecule has 0 heterocycles. The molecule has 20 heavy (non-hydrogen) atoms. The van der Waals surface area contributed by atoms with Gasteiger partial charge in [0.25, 0.3) is 0 Å². The third-order valence-electron chi connectivity index (χ3n) is 4.16. The number of hydrogen-bond donors (Lipinski definition) is 1. The van der Waals surface area contributed by atoms with Crippen molar-refractivity contribution >= 4 is 11.6 Å². The summed E-state index contributed by atoms with van der Waals surface area (Å²) in [4.78, 5) is 0. The summed E-state index contributed by atoms with van der Waals surface area (Å²) in [5.74, 6) is 0.624. The average Bonchev–Trinajstić information content (AvgIpc) is 2.39. The van der Waals surface area contributed by atoms with E-state index >= 15 is 0 Å². The fourth-order valence-electron chi connectivity index (χ4n) is 2.93. The second-order valence-corrected chi connectivity index (χ2v) is 6.16. The molecule has 1 saturated carbocycles. The van der Waals surface area contributed by atoms with Gasteiger partial charge in [-0.3, -0.25) is 0 Å². The lowest BCUT2D eigenvalue weighted by molar-refractivity contribution is 0.289. The zero-order valence-electron chi connectivity index (χ0n) is 11.8. The summed E-state index contributed by atoms with van der Waals surface area (Å²) < 4.78 is 0. The Morgan fingerprint density at radius 1 is 1.10 bits per heavy atom. The number of rotatable bonds is 4. The molecule has 2 aromatic carbocycles. The van der Waals surface area contributed by atoms with E-state index in [1.54, 1.807) is 0 Å². The maximum Gasteiger partial charge on any atom is 0.0440 e. The van der Waals surface area contributed by atoms with Crippen LogP contribution in [0.1, 0.15) is 35.4 Å². The Bertz CT molecular complexity index is 587. The predicted molar refractivity (Wildman–Crippen MR) is 85.2 cm³/mol. The summed E-state index contributed by atoms with van der Waals surface area (Å²) in [6.07, 6.45) is 2.38. The molecule has 0 unspecified atom stereocenters. The number of aryl methyl sites for hydroxylation is 1. The Morgan fingerprint density at radius 2 is 1.90 bits per heavy atom. The third kappa shape index (κ3) is 3.05. The molecule has 0 spiro atoms. The molecule has 2 aromatic rings. The molecular weight excluding hydrogens is 266 g/mol. The van der Waals surface area contributed by atoms with Crippen molar-refractivity contribution in [2.45, 2.75) is 38.3 Å². The maximum absolute atomic E-state index is 6.25. The summed E-state index contributed by atoms with van der Waals surface area (Å²) in [5.41, 5.74) is 4.00. The molecule has 0 saturated heterocycles. The van der Waals surface area contributed by atoms with E-state index in [1.807, 2.05) is 12.1 Å². The Balaban J connectivity index is 1.50. The van der Waals surface area contributed by atoms with E-state index in [-0.39, 0.29) is 0 Å². The molecule has 0 aromatic heterocycles. The normalized spacial score (nSPS) is 21.5. The van der Waals surface area contributed by atoms with E-state index in [9.17, 15) is 0 Å². The van der Waals surface area contributed by atoms with Gasteiger partial charge in [0.1, 0.15) is 0 Å². The first-order valence-electron chi connectivity index (χ1n) is 7.26. The van der Waals surface area contributed by atoms with E-state index in [0.717, 1.165) is 11.6 Å². The first-order valence-corrected chi connectivity index (χ1v) is 7.63. The van der Waals surface area contributed by atoms with E-state index in [0.29, 0.717) is 12.0 Å². The van der Waals surface area contributed by atoms with Crippen LogP contribution in [0.4, 0.5) is 0 Å². The number of nitrogens with one attached hydrogen (secondary N) is 1. The van der Waals surface area contributed by atoms with Crippen molar-refractivity contribution in [2.75, 3.05) is 0 Å². The molecule has 0 bridgehead atoms. The molecular formula is C18H20ClN. The Morgan fingerprint density at radius 3 is 2.65 bits per heavy atom. The Hall–Kier alpha value is -1.31. The molecule has 0 radical (unpaired) electrons. The van der Waals surface area contributed by atoms with E-state index in [2.05, 4.69) is 48.6 Å². The fraction of sp³-hybridized carbons (Fsp3) is 0.333. The molecule has 3 rings (SSSR count). The lowest BCUT2D eigenvalue weighted by Crippen LogP contribution is -2.39. The van der Waals surface area contributed by atoms with Gasteiger partial charge in [-0.25, -0.2) is 0 Å². The van der Waals surface area contributed by atoms with E-state index in [4.69, 9.17) is 11.6 Å². The summed E-state index contributed by atoms with van der Waals surface area (Å²) in [6.45, 7) is 3.10. The van der Waals surface area contributed by atoms with Crippen LogP contribution in [0.15, 0.2) is 48.5 Å². The first kappa shape index (κ1) is 13.7. The van der Waals surface area contributed by atoms with Crippen molar-refractivity contribution < 1.29 is 0 Å². The van der Waals surface area contributed by atoms with Crippen LogP contribution in [-0.2, 0) is 6.54 Å². The molecule has 1 N–H and O–H groups in total. The summed E-state index contributed by atoms with van der Waals surface area (Å²) >= 11 is 6.25. The van der Waals surface area contributed by atoms with Gasteiger partial charge in [0.15, 0.2) is 0 Å². The van der Waals surface area contributed by atoms with Crippen LogP contribution in [-0.4, -0.2) is 6.04 Å². The minimum atomic E-state index is 0.622. The van der Waals surface area contributed by atoms with Crippen molar-refractivity contribution in [1.82, 2.24) is 5.32 Å². The lowest BCUT2D eigenvalue weighted by Gasteiger charge is -2.37. The predicted octanol–water partition coefficient (Wildman–Crippen LogP) is 4.68. The zero-order valence-corrected chi connectivity index (χ0v) is 12.5. The second-order valence-electron chi connectivity index (χ2n) is 5.76. The maximum atomic E-state index is 6.25. The minimum absolute atomic E-state index is 0.622. The largest absolute Gasteiger partial charge is 0.310 e. The molecule has 2 heteroatoms. The lowest BCUT2D eigenvalue weighted by atomic mass is 9.76. The van der Waals surface area contributed by atoms with Crippen molar-refractivity contribution in [3.8, 4) is 0 Å². The average molecular weight is 286 g/mol.